The van der Waals surface area contributed by atoms with Crippen molar-refractivity contribution in [2.24, 2.45) is 11.1 Å². The fraction of sp³-hybridized carbons (Fsp3) is 0.364. The zero-order chi connectivity index (χ0) is 21.2. The number of benzene rings is 2. The van der Waals surface area contributed by atoms with Crippen molar-refractivity contribution >= 4 is 5.97 Å². The molecule has 0 radical (unpaired) electrons. The van der Waals surface area contributed by atoms with Gasteiger partial charge in [0.05, 0.1) is 12.0 Å². The zero-order valence-electron chi connectivity index (χ0n) is 17.5. The van der Waals surface area contributed by atoms with Crippen molar-refractivity contribution in [1.29, 1.82) is 0 Å². The first-order valence-electron chi connectivity index (χ1n) is 9.51. The molecule has 0 bridgehead atoms. The third-order valence-corrected chi connectivity index (χ3v) is 4.41. The molecule has 0 aliphatic heterocycles. The van der Waals surface area contributed by atoms with E-state index >= 15 is 0 Å². The maximum atomic E-state index is 12.0. The highest BCUT2D eigenvalue weighted by Gasteiger charge is 2.23. The Kier molecular flexibility index (Phi) is 5.53. The fourth-order valence-electron chi connectivity index (χ4n) is 2.56. The molecule has 1 aromatic heterocycles. The highest BCUT2D eigenvalue weighted by atomic mass is 16.5. The van der Waals surface area contributed by atoms with E-state index in [9.17, 15) is 4.79 Å². The molecular weight excluding hydrogens is 366 g/mol. The highest BCUT2D eigenvalue weighted by molar-refractivity contribution is 5.78. The van der Waals surface area contributed by atoms with Gasteiger partial charge in [-0.05, 0) is 75.2 Å². The van der Waals surface area contributed by atoms with Crippen molar-refractivity contribution in [3.05, 3.63) is 59.7 Å². The minimum Gasteiger partial charge on any atom is -0.426 e. The Hall–Kier alpha value is -3.06. The summed E-state index contributed by atoms with van der Waals surface area (Å²) in [5.41, 5.74) is 8.12. The molecule has 7 nitrogen and oxygen atoms in total. The number of hydrogen-bond acceptors (Lipinski definition) is 6. The molecule has 3 aromatic rings. The van der Waals surface area contributed by atoms with Gasteiger partial charge in [-0.2, -0.15) is 4.80 Å². The van der Waals surface area contributed by atoms with Gasteiger partial charge in [0.25, 0.3) is 0 Å². The number of rotatable bonds is 5. The fourth-order valence-corrected chi connectivity index (χ4v) is 2.56. The number of nitrogens with two attached hydrogens (primary N) is 1. The molecule has 0 aliphatic rings. The van der Waals surface area contributed by atoms with Crippen LogP contribution in [0.5, 0.6) is 5.75 Å². The lowest BCUT2D eigenvalue weighted by atomic mass is 9.95. The normalized spacial score (nSPS) is 12.1. The minimum atomic E-state index is -0.555. The van der Waals surface area contributed by atoms with Crippen LogP contribution in [0, 0.1) is 5.41 Å². The van der Waals surface area contributed by atoms with Crippen molar-refractivity contribution in [1.82, 2.24) is 20.2 Å². The van der Waals surface area contributed by atoms with Crippen LogP contribution in [0.15, 0.2) is 48.5 Å². The Morgan fingerprint density at radius 2 is 1.62 bits per heavy atom. The van der Waals surface area contributed by atoms with Gasteiger partial charge in [0, 0.05) is 11.1 Å². The number of nitrogens with zero attached hydrogens (tertiary/aromatic N) is 4. The number of carbonyl (C=O) groups excluding carboxylic acids is 1. The first-order chi connectivity index (χ1) is 13.5. The lowest BCUT2D eigenvalue weighted by Crippen LogP contribution is -2.28. The number of carbonyl (C=O) groups is 1. The summed E-state index contributed by atoms with van der Waals surface area (Å²) in [6.07, 6.45) is 0. The third-order valence-electron chi connectivity index (χ3n) is 4.41. The number of tetrazole rings is 1. The van der Waals surface area contributed by atoms with Crippen LogP contribution in [-0.2, 0) is 16.9 Å². The third kappa shape index (κ3) is 5.26. The van der Waals surface area contributed by atoms with E-state index in [0.29, 0.717) is 18.1 Å². The van der Waals surface area contributed by atoms with Gasteiger partial charge in [0.2, 0.25) is 5.82 Å². The highest BCUT2D eigenvalue weighted by Crippen LogP contribution is 2.22. The lowest BCUT2D eigenvalue weighted by molar-refractivity contribution is -0.142. The molecule has 0 saturated carbocycles. The molecule has 0 fully saturated rings. The summed E-state index contributed by atoms with van der Waals surface area (Å²) >= 11 is 0. The van der Waals surface area contributed by atoms with Crippen LogP contribution >= 0.6 is 0 Å². The molecule has 0 saturated heterocycles. The van der Waals surface area contributed by atoms with Crippen LogP contribution in [-0.4, -0.2) is 26.2 Å². The van der Waals surface area contributed by atoms with Crippen LogP contribution in [0.4, 0.5) is 0 Å². The Bertz CT molecular complexity index is 978. The van der Waals surface area contributed by atoms with Crippen LogP contribution in [0.1, 0.15) is 45.7 Å². The zero-order valence-corrected chi connectivity index (χ0v) is 17.5. The largest absolute Gasteiger partial charge is 0.426 e. The van der Waals surface area contributed by atoms with Crippen LogP contribution in [0.2, 0.25) is 0 Å². The van der Waals surface area contributed by atoms with Gasteiger partial charge < -0.3 is 10.5 Å². The second-order valence-corrected chi connectivity index (χ2v) is 8.73. The van der Waals surface area contributed by atoms with Crippen LogP contribution in [0.3, 0.4) is 0 Å². The van der Waals surface area contributed by atoms with E-state index in [2.05, 4.69) is 15.4 Å². The molecule has 0 spiro atoms. The van der Waals surface area contributed by atoms with Gasteiger partial charge in [0.15, 0.2) is 0 Å². The summed E-state index contributed by atoms with van der Waals surface area (Å²) in [4.78, 5) is 13.5. The van der Waals surface area contributed by atoms with E-state index in [-0.39, 0.29) is 11.5 Å². The monoisotopic (exact) mass is 393 g/mol. The van der Waals surface area contributed by atoms with Crippen molar-refractivity contribution in [2.75, 3.05) is 0 Å². The molecule has 29 heavy (non-hydrogen) atoms. The van der Waals surface area contributed by atoms with E-state index < -0.39 is 5.41 Å². The summed E-state index contributed by atoms with van der Waals surface area (Å²) in [5.74, 6) is 0.723. The Balaban J connectivity index is 1.67. The number of ether oxygens (including phenoxy) is 1. The average Bonchev–Trinajstić information content (AvgIpc) is 3.10. The number of aromatic nitrogens is 4. The van der Waals surface area contributed by atoms with Gasteiger partial charge >= 0.3 is 5.97 Å². The summed E-state index contributed by atoms with van der Waals surface area (Å²) < 4.78 is 5.38. The number of esters is 1. The minimum absolute atomic E-state index is 0.279. The van der Waals surface area contributed by atoms with Gasteiger partial charge in [-0.1, -0.05) is 24.3 Å². The smallest absolute Gasteiger partial charge is 0.316 e. The quantitative estimate of drug-likeness (QED) is 0.526. The molecule has 1 heterocycles. The molecule has 2 N–H and O–H groups in total. The number of hydrogen-bond donors (Lipinski definition) is 1. The first-order valence-corrected chi connectivity index (χ1v) is 9.51. The summed E-state index contributed by atoms with van der Waals surface area (Å²) in [6, 6.07) is 15.2. The topological polar surface area (TPSA) is 95.9 Å². The average molecular weight is 393 g/mol. The van der Waals surface area contributed by atoms with Crippen LogP contribution in [0.25, 0.3) is 11.4 Å². The van der Waals surface area contributed by atoms with E-state index in [1.165, 1.54) is 0 Å². The molecular formula is C22H27N5O2. The Morgan fingerprint density at radius 3 is 2.17 bits per heavy atom. The van der Waals surface area contributed by atoms with Crippen molar-refractivity contribution in [3.8, 4) is 17.1 Å². The van der Waals surface area contributed by atoms with Crippen LogP contribution < -0.4 is 10.5 Å². The molecule has 0 atom stereocenters. The molecule has 7 heteroatoms. The maximum Gasteiger partial charge on any atom is 0.316 e. The van der Waals surface area contributed by atoms with Gasteiger partial charge in [0.1, 0.15) is 5.75 Å². The van der Waals surface area contributed by atoms with E-state index in [4.69, 9.17) is 10.5 Å². The van der Waals surface area contributed by atoms with E-state index in [1.807, 2.05) is 71.0 Å². The first kappa shape index (κ1) is 20.7. The SMILES string of the molecule is CC(C)(C)C(=O)Oc1ccc(-c2nnn(Cc3ccc(C(C)(C)N)cc3)n2)cc1. The van der Waals surface area contributed by atoms with E-state index in [1.54, 1.807) is 16.9 Å². The predicted octanol–water partition coefficient (Wildman–Crippen LogP) is 3.53. The molecule has 2 aromatic carbocycles. The van der Waals surface area contributed by atoms with Crippen molar-refractivity contribution in [3.63, 3.8) is 0 Å². The summed E-state index contributed by atoms with van der Waals surface area (Å²) in [6.45, 7) is 9.91. The van der Waals surface area contributed by atoms with Gasteiger partial charge in [-0.15, -0.1) is 10.2 Å². The Labute approximate surface area is 170 Å². The lowest BCUT2D eigenvalue weighted by Gasteiger charge is -2.19. The van der Waals surface area contributed by atoms with E-state index in [0.717, 1.165) is 16.7 Å². The summed E-state index contributed by atoms with van der Waals surface area (Å²) in [7, 11) is 0. The second-order valence-electron chi connectivity index (χ2n) is 8.73. The van der Waals surface area contributed by atoms with Gasteiger partial charge in [-0.25, -0.2) is 0 Å². The second kappa shape index (κ2) is 7.75. The molecule has 3 rings (SSSR count). The molecule has 0 aliphatic carbocycles. The van der Waals surface area contributed by atoms with Crippen molar-refractivity contribution in [2.45, 2.75) is 46.7 Å². The Morgan fingerprint density at radius 1 is 1.00 bits per heavy atom. The maximum absolute atomic E-state index is 12.0. The molecule has 0 unspecified atom stereocenters. The van der Waals surface area contributed by atoms with Crippen molar-refractivity contribution < 1.29 is 9.53 Å². The molecule has 0 amide bonds. The summed E-state index contributed by atoms with van der Waals surface area (Å²) in [5, 5.41) is 12.7. The standard InChI is InChI=1S/C22H27N5O2/c1-21(2,3)20(28)29-18-12-8-16(9-13-18)19-24-26-27(25-19)14-15-6-10-17(11-7-15)22(4,5)23/h6-13H,14,23H2,1-5H3. The predicted molar refractivity (Wildman–Crippen MR) is 111 cm³/mol. The molecule has 152 valence electrons. The van der Waals surface area contributed by atoms with Gasteiger partial charge in [-0.3, -0.25) is 4.79 Å².